The zero-order valence-electron chi connectivity index (χ0n) is 16.8. The fourth-order valence-electron chi connectivity index (χ4n) is 3.10. The highest BCUT2D eigenvalue weighted by Crippen LogP contribution is 2.27. The first-order chi connectivity index (χ1) is 13.6. The average Bonchev–Trinajstić information content (AvgIpc) is 3.08. The number of unbranched alkanes of at least 4 members (excludes halogenated alkanes) is 1. The molecule has 0 N–H and O–H groups in total. The van der Waals surface area contributed by atoms with E-state index >= 15 is 0 Å². The summed E-state index contributed by atoms with van der Waals surface area (Å²) in [6.07, 6.45) is 3.90. The lowest BCUT2D eigenvalue weighted by Crippen LogP contribution is -2.32. The molecule has 0 radical (unpaired) electrons. The largest absolute Gasteiger partial charge is 0.491 e. The van der Waals surface area contributed by atoms with E-state index in [2.05, 4.69) is 20.4 Å². The number of benzene rings is 2. The van der Waals surface area contributed by atoms with Crippen molar-refractivity contribution >= 4 is 0 Å². The fraction of sp³-hybridized carbons (Fsp3) is 0.417. The minimum absolute atomic E-state index is 0.113. The Bertz CT molecular complexity index is 723. The highest BCUT2D eigenvalue weighted by atomic mass is 16.7. The van der Waals surface area contributed by atoms with E-state index < -0.39 is 0 Å². The molecule has 0 saturated carbocycles. The minimum Gasteiger partial charge on any atom is -0.491 e. The van der Waals surface area contributed by atoms with Crippen LogP contribution in [0.5, 0.6) is 11.5 Å². The Kier molecular flexibility index (Phi) is 7.52. The van der Waals surface area contributed by atoms with Gasteiger partial charge in [-0.3, -0.25) is 0 Å². The fourth-order valence-corrected chi connectivity index (χ4v) is 3.10. The van der Waals surface area contributed by atoms with Crippen molar-refractivity contribution in [1.82, 2.24) is 0 Å². The summed E-state index contributed by atoms with van der Waals surface area (Å²) < 4.78 is 24.1. The summed E-state index contributed by atoms with van der Waals surface area (Å²) in [6, 6.07) is 16.1. The Morgan fingerprint density at radius 2 is 1.64 bits per heavy atom. The Morgan fingerprint density at radius 3 is 2.29 bits per heavy atom. The van der Waals surface area contributed by atoms with Crippen LogP contribution in [-0.4, -0.2) is 31.7 Å². The molecular weight excluding hydrogens is 352 g/mol. The van der Waals surface area contributed by atoms with Gasteiger partial charge < -0.3 is 18.9 Å². The molecule has 1 aliphatic rings. The smallest absolute Gasteiger partial charge is 0.161 e. The molecule has 150 valence electrons. The number of aryl methyl sites for hydroxylation is 2. The predicted molar refractivity (Wildman–Crippen MR) is 111 cm³/mol. The van der Waals surface area contributed by atoms with Crippen molar-refractivity contribution in [2.24, 2.45) is 0 Å². The van der Waals surface area contributed by atoms with Crippen molar-refractivity contribution < 1.29 is 18.9 Å². The van der Waals surface area contributed by atoms with E-state index in [0.717, 1.165) is 24.3 Å². The first-order valence-electron chi connectivity index (χ1n) is 9.95. The van der Waals surface area contributed by atoms with Crippen LogP contribution >= 0.6 is 0 Å². The van der Waals surface area contributed by atoms with Gasteiger partial charge in [0.1, 0.15) is 30.3 Å². The van der Waals surface area contributed by atoms with Gasteiger partial charge in [0, 0.05) is 6.42 Å². The summed E-state index contributed by atoms with van der Waals surface area (Å²) in [4.78, 5) is 0. The van der Waals surface area contributed by atoms with Crippen LogP contribution < -0.4 is 9.47 Å². The highest BCUT2D eigenvalue weighted by Gasteiger charge is 2.38. The Morgan fingerprint density at radius 1 is 1.00 bits per heavy atom. The molecule has 0 spiro atoms. The first-order valence-corrected chi connectivity index (χ1v) is 9.95. The van der Waals surface area contributed by atoms with Gasteiger partial charge in [0.25, 0.3) is 0 Å². The summed E-state index contributed by atoms with van der Waals surface area (Å²) in [7, 11) is 0. The summed E-state index contributed by atoms with van der Waals surface area (Å²) >= 11 is 0. The van der Waals surface area contributed by atoms with Crippen molar-refractivity contribution in [3.63, 3.8) is 0 Å². The molecular formula is C24H30O4. The van der Waals surface area contributed by atoms with Gasteiger partial charge in [-0.25, -0.2) is 0 Å². The summed E-state index contributed by atoms with van der Waals surface area (Å²) in [5.74, 6) is 1.67. The van der Waals surface area contributed by atoms with E-state index in [1.54, 1.807) is 0 Å². The van der Waals surface area contributed by atoms with Crippen molar-refractivity contribution in [1.29, 1.82) is 0 Å². The second kappa shape index (κ2) is 10.3. The standard InChI is InChI=1S/C24H30O4/c1-4-5-6-15-25-24-16-22(27-21-13-9-19(3)10-14-21)23(28-24)17-26-20-11-7-18(2)8-12-20/h4,7-14,22-24H,1,5-6,15-17H2,2-3H3/t22-,23+,24+/m0/s1. The second-order valence-electron chi connectivity index (χ2n) is 7.23. The number of allylic oxidation sites excluding steroid dienone is 1. The Labute approximate surface area is 168 Å². The molecule has 1 saturated heterocycles. The van der Waals surface area contributed by atoms with E-state index in [1.807, 2.05) is 54.6 Å². The van der Waals surface area contributed by atoms with E-state index in [1.165, 1.54) is 11.1 Å². The third kappa shape index (κ3) is 6.11. The van der Waals surface area contributed by atoms with Gasteiger partial charge >= 0.3 is 0 Å². The lowest BCUT2D eigenvalue weighted by molar-refractivity contribution is -0.141. The van der Waals surface area contributed by atoms with Crippen LogP contribution in [0.4, 0.5) is 0 Å². The number of hydrogen-bond acceptors (Lipinski definition) is 4. The van der Waals surface area contributed by atoms with Crippen LogP contribution in [0.15, 0.2) is 61.2 Å². The highest BCUT2D eigenvalue weighted by molar-refractivity contribution is 5.27. The van der Waals surface area contributed by atoms with Gasteiger partial charge in [0.05, 0.1) is 6.61 Å². The molecule has 0 aliphatic carbocycles. The molecule has 1 aliphatic heterocycles. The van der Waals surface area contributed by atoms with Crippen molar-refractivity contribution in [3.05, 3.63) is 72.3 Å². The predicted octanol–water partition coefficient (Wildman–Crippen LogP) is 5.23. The van der Waals surface area contributed by atoms with Gasteiger partial charge in [-0.2, -0.15) is 0 Å². The Balaban J connectivity index is 1.59. The van der Waals surface area contributed by atoms with Crippen LogP contribution in [-0.2, 0) is 9.47 Å². The molecule has 1 fully saturated rings. The zero-order valence-corrected chi connectivity index (χ0v) is 16.8. The van der Waals surface area contributed by atoms with Gasteiger partial charge in [-0.15, -0.1) is 6.58 Å². The second-order valence-corrected chi connectivity index (χ2v) is 7.23. The molecule has 0 aromatic heterocycles. The van der Waals surface area contributed by atoms with Gasteiger partial charge in [0.15, 0.2) is 6.29 Å². The SMILES string of the molecule is C=CCCCO[C@H]1C[C@H](Oc2ccc(C)cc2)[C@@H](COc2ccc(C)cc2)O1. The molecule has 4 nitrogen and oxygen atoms in total. The van der Waals surface area contributed by atoms with Gasteiger partial charge in [0.2, 0.25) is 0 Å². The molecule has 0 bridgehead atoms. The van der Waals surface area contributed by atoms with Crippen LogP contribution in [0.25, 0.3) is 0 Å². The lowest BCUT2D eigenvalue weighted by atomic mass is 10.2. The number of rotatable bonds is 10. The average molecular weight is 383 g/mol. The van der Waals surface area contributed by atoms with Crippen LogP contribution in [0.3, 0.4) is 0 Å². The van der Waals surface area contributed by atoms with Crippen LogP contribution in [0.1, 0.15) is 30.4 Å². The zero-order chi connectivity index (χ0) is 19.8. The van der Waals surface area contributed by atoms with Crippen molar-refractivity contribution in [2.45, 2.75) is 51.6 Å². The van der Waals surface area contributed by atoms with Crippen molar-refractivity contribution in [3.8, 4) is 11.5 Å². The molecule has 3 rings (SSSR count). The molecule has 4 heteroatoms. The van der Waals surface area contributed by atoms with Crippen LogP contribution in [0.2, 0.25) is 0 Å². The molecule has 0 amide bonds. The van der Waals surface area contributed by atoms with E-state index in [0.29, 0.717) is 19.6 Å². The third-order valence-electron chi connectivity index (χ3n) is 4.77. The quantitative estimate of drug-likeness (QED) is 0.417. The van der Waals surface area contributed by atoms with E-state index in [4.69, 9.17) is 18.9 Å². The molecule has 2 aromatic carbocycles. The van der Waals surface area contributed by atoms with Crippen LogP contribution in [0, 0.1) is 13.8 Å². The minimum atomic E-state index is -0.271. The molecule has 2 aromatic rings. The maximum absolute atomic E-state index is 6.21. The number of hydrogen-bond donors (Lipinski definition) is 0. The monoisotopic (exact) mass is 382 g/mol. The summed E-state index contributed by atoms with van der Waals surface area (Å²) in [5.41, 5.74) is 2.41. The molecule has 28 heavy (non-hydrogen) atoms. The normalized spacial score (nSPS) is 21.4. The third-order valence-corrected chi connectivity index (χ3v) is 4.77. The van der Waals surface area contributed by atoms with Crippen molar-refractivity contribution in [2.75, 3.05) is 13.2 Å². The van der Waals surface area contributed by atoms with Gasteiger partial charge in [-0.1, -0.05) is 41.5 Å². The van der Waals surface area contributed by atoms with E-state index in [-0.39, 0.29) is 18.5 Å². The molecule has 1 heterocycles. The maximum atomic E-state index is 6.21. The van der Waals surface area contributed by atoms with Gasteiger partial charge in [-0.05, 0) is 51.0 Å². The summed E-state index contributed by atoms with van der Waals surface area (Å²) in [6.45, 7) is 8.94. The first kappa shape index (κ1) is 20.4. The maximum Gasteiger partial charge on any atom is 0.161 e. The summed E-state index contributed by atoms with van der Waals surface area (Å²) in [5, 5.41) is 0. The molecule has 0 unspecified atom stereocenters. The van der Waals surface area contributed by atoms with E-state index in [9.17, 15) is 0 Å². The topological polar surface area (TPSA) is 36.9 Å². The Hall–Kier alpha value is -2.30. The lowest BCUT2D eigenvalue weighted by Gasteiger charge is -2.20. The number of ether oxygens (including phenoxy) is 4. The molecule has 3 atom stereocenters.